The highest BCUT2D eigenvalue weighted by molar-refractivity contribution is 5.51. The fraction of sp³-hybridized carbons (Fsp3) is 0.429. The molecular formula is C21H24O4. The predicted molar refractivity (Wildman–Crippen MR) is 95.0 cm³/mol. The van der Waals surface area contributed by atoms with E-state index >= 15 is 0 Å². The molecule has 1 aliphatic heterocycles. The van der Waals surface area contributed by atoms with E-state index in [4.69, 9.17) is 9.47 Å². The zero-order chi connectivity index (χ0) is 17.4. The Balaban J connectivity index is 1.77. The van der Waals surface area contributed by atoms with Gasteiger partial charge in [0.25, 0.3) is 0 Å². The second-order valence-electron chi connectivity index (χ2n) is 6.99. The van der Waals surface area contributed by atoms with Crippen LogP contribution >= 0.6 is 0 Å². The molecule has 3 atom stereocenters. The zero-order valence-electron chi connectivity index (χ0n) is 14.4. The van der Waals surface area contributed by atoms with Crippen LogP contribution in [0.25, 0.3) is 0 Å². The largest absolute Gasteiger partial charge is 0.508 e. The molecular weight excluding hydrogens is 316 g/mol. The molecule has 2 aromatic carbocycles. The Hall–Kier alpha value is -2.20. The highest BCUT2D eigenvalue weighted by Gasteiger charge is 2.42. The van der Waals surface area contributed by atoms with Gasteiger partial charge in [0, 0.05) is 23.7 Å². The first-order chi connectivity index (χ1) is 12.2. The van der Waals surface area contributed by atoms with E-state index in [2.05, 4.69) is 0 Å². The quantitative estimate of drug-likeness (QED) is 0.850. The van der Waals surface area contributed by atoms with Gasteiger partial charge in [-0.25, -0.2) is 0 Å². The molecule has 4 nitrogen and oxygen atoms in total. The molecule has 0 bridgehead atoms. The van der Waals surface area contributed by atoms with Crippen LogP contribution in [0.3, 0.4) is 0 Å². The van der Waals surface area contributed by atoms with Crippen LogP contribution < -0.4 is 4.74 Å². The standard InChI is InChI=1S/C21H24O4/c1-2-24-12-14-10-16(23)11-19-17-4-3-5-18(17)20(25-21(14)19)13-6-8-15(22)9-7-13/h6-11,17-18,20,22-23H,2-5,12H2,1H3/t17-,18+,20+/m0/s1. The molecule has 0 unspecified atom stereocenters. The second-order valence-corrected chi connectivity index (χ2v) is 6.99. The van der Waals surface area contributed by atoms with E-state index < -0.39 is 0 Å². The number of fused-ring (bicyclic) bond motifs is 3. The van der Waals surface area contributed by atoms with Crippen molar-refractivity contribution in [2.75, 3.05) is 6.61 Å². The minimum absolute atomic E-state index is 0.0227. The molecule has 4 heteroatoms. The lowest BCUT2D eigenvalue weighted by Crippen LogP contribution is -2.27. The SMILES string of the molecule is CCOCc1cc(O)cc2c1O[C@H](c1ccc(O)cc1)[C@@H]1CCC[C@H]21. The molecule has 2 aromatic rings. The van der Waals surface area contributed by atoms with Crippen molar-refractivity contribution in [3.63, 3.8) is 0 Å². The number of hydrogen-bond acceptors (Lipinski definition) is 4. The van der Waals surface area contributed by atoms with E-state index in [9.17, 15) is 10.2 Å². The van der Waals surface area contributed by atoms with Gasteiger partial charge in [0.05, 0.1) is 6.61 Å². The van der Waals surface area contributed by atoms with Gasteiger partial charge >= 0.3 is 0 Å². The van der Waals surface area contributed by atoms with Crippen LogP contribution in [-0.4, -0.2) is 16.8 Å². The summed E-state index contributed by atoms with van der Waals surface area (Å²) in [4.78, 5) is 0. The van der Waals surface area contributed by atoms with Crippen LogP contribution in [0.2, 0.25) is 0 Å². The maximum atomic E-state index is 10.2. The van der Waals surface area contributed by atoms with Crippen LogP contribution in [0.5, 0.6) is 17.2 Å². The van der Waals surface area contributed by atoms with Gasteiger partial charge in [0.15, 0.2) is 0 Å². The Labute approximate surface area is 148 Å². The van der Waals surface area contributed by atoms with Crippen LogP contribution in [-0.2, 0) is 11.3 Å². The molecule has 0 amide bonds. The Morgan fingerprint density at radius 1 is 1.08 bits per heavy atom. The monoisotopic (exact) mass is 340 g/mol. The summed E-state index contributed by atoms with van der Waals surface area (Å²) < 4.78 is 12.1. The molecule has 0 spiro atoms. The van der Waals surface area contributed by atoms with Crippen molar-refractivity contribution in [3.05, 3.63) is 53.1 Å². The predicted octanol–water partition coefficient (Wildman–Crippen LogP) is 4.65. The number of ether oxygens (including phenoxy) is 2. The number of phenolic OH excluding ortho intramolecular Hbond substituents is 2. The Bertz CT molecular complexity index is 753. The third-order valence-corrected chi connectivity index (χ3v) is 5.47. The zero-order valence-corrected chi connectivity index (χ0v) is 14.4. The van der Waals surface area contributed by atoms with E-state index in [0.29, 0.717) is 25.0 Å². The summed E-state index contributed by atoms with van der Waals surface area (Å²) in [5.74, 6) is 2.22. The van der Waals surface area contributed by atoms with Crippen molar-refractivity contribution in [3.8, 4) is 17.2 Å². The Morgan fingerprint density at radius 2 is 1.88 bits per heavy atom. The van der Waals surface area contributed by atoms with Gasteiger partial charge in [-0.15, -0.1) is 0 Å². The summed E-state index contributed by atoms with van der Waals surface area (Å²) in [6.45, 7) is 3.02. The van der Waals surface area contributed by atoms with E-state index in [0.717, 1.165) is 35.3 Å². The van der Waals surface area contributed by atoms with E-state index in [1.165, 1.54) is 6.42 Å². The fourth-order valence-electron chi connectivity index (χ4n) is 4.37. The van der Waals surface area contributed by atoms with Gasteiger partial charge in [-0.05, 0) is 55.5 Å². The second kappa shape index (κ2) is 6.60. The van der Waals surface area contributed by atoms with Crippen molar-refractivity contribution >= 4 is 0 Å². The molecule has 132 valence electrons. The molecule has 2 aliphatic rings. The third kappa shape index (κ3) is 2.95. The minimum Gasteiger partial charge on any atom is -0.508 e. The van der Waals surface area contributed by atoms with Crippen LogP contribution in [0.4, 0.5) is 0 Å². The van der Waals surface area contributed by atoms with Gasteiger partial charge in [-0.2, -0.15) is 0 Å². The first-order valence-electron chi connectivity index (χ1n) is 9.06. The van der Waals surface area contributed by atoms with Crippen LogP contribution in [0, 0.1) is 5.92 Å². The number of rotatable bonds is 4. The highest BCUT2D eigenvalue weighted by Crippen LogP contribution is 2.55. The lowest BCUT2D eigenvalue weighted by Gasteiger charge is -2.37. The lowest BCUT2D eigenvalue weighted by atomic mass is 9.79. The van der Waals surface area contributed by atoms with Crippen molar-refractivity contribution in [2.24, 2.45) is 5.92 Å². The average Bonchev–Trinajstić information content (AvgIpc) is 3.10. The third-order valence-electron chi connectivity index (χ3n) is 5.47. The van der Waals surface area contributed by atoms with Crippen molar-refractivity contribution in [1.82, 2.24) is 0 Å². The number of phenols is 2. The van der Waals surface area contributed by atoms with Gasteiger partial charge in [-0.1, -0.05) is 18.6 Å². The first-order valence-corrected chi connectivity index (χ1v) is 9.06. The first kappa shape index (κ1) is 16.3. The molecule has 0 aromatic heterocycles. The molecule has 0 saturated heterocycles. The molecule has 0 radical (unpaired) electrons. The molecule has 2 N–H and O–H groups in total. The normalized spacial score (nSPS) is 24.4. The summed E-state index contributed by atoms with van der Waals surface area (Å²) in [5.41, 5.74) is 3.12. The lowest BCUT2D eigenvalue weighted by molar-refractivity contribution is 0.0918. The summed E-state index contributed by atoms with van der Waals surface area (Å²) in [6, 6.07) is 10.9. The number of hydrogen-bond donors (Lipinski definition) is 2. The van der Waals surface area contributed by atoms with Gasteiger partial charge in [0.2, 0.25) is 0 Å². The number of benzene rings is 2. The van der Waals surface area contributed by atoms with E-state index in [1.807, 2.05) is 25.1 Å². The van der Waals surface area contributed by atoms with Crippen molar-refractivity contribution < 1.29 is 19.7 Å². The maximum Gasteiger partial charge on any atom is 0.129 e. The molecule has 1 saturated carbocycles. The van der Waals surface area contributed by atoms with E-state index in [-0.39, 0.29) is 17.6 Å². The summed E-state index contributed by atoms with van der Waals surface area (Å²) >= 11 is 0. The molecule has 1 aliphatic carbocycles. The number of aromatic hydroxyl groups is 2. The summed E-state index contributed by atoms with van der Waals surface area (Å²) in [5, 5.41) is 19.7. The van der Waals surface area contributed by atoms with Gasteiger partial charge in [-0.3, -0.25) is 0 Å². The van der Waals surface area contributed by atoms with Crippen molar-refractivity contribution in [2.45, 2.75) is 44.8 Å². The fourth-order valence-corrected chi connectivity index (χ4v) is 4.37. The highest BCUT2D eigenvalue weighted by atomic mass is 16.5. The van der Waals surface area contributed by atoms with Crippen molar-refractivity contribution in [1.29, 1.82) is 0 Å². The van der Waals surface area contributed by atoms with Gasteiger partial charge < -0.3 is 19.7 Å². The Kier molecular flexibility index (Phi) is 4.30. The molecule has 1 heterocycles. The molecule has 1 fully saturated rings. The molecule has 4 rings (SSSR count). The smallest absolute Gasteiger partial charge is 0.129 e. The van der Waals surface area contributed by atoms with Gasteiger partial charge in [0.1, 0.15) is 23.4 Å². The average molecular weight is 340 g/mol. The van der Waals surface area contributed by atoms with E-state index in [1.54, 1.807) is 18.2 Å². The summed E-state index contributed by atoms with van der Waals surface area (Å²) in [7, 11) is 0. The summed E-state index contributed by atoms with van der Waals surface area (Å²) in [6.07, 6.45) is 3.38. The maximum absolute atomic E-state index is 10.2. The topological polar surface area (TPSA) is 58.9 Å². The van der Waals surface area contributed by atoms with Crippen LogP contribution in [0.15, 0.2) is 36.4 Å². The Morgan fingerprint density at radius 3 is 2.64 bits per heavy atom. The van der Waals surface area contributed by atoms with Crippen LogP contribution in [0.1, 0.15) is 54.9 Å². The minimum atomic E-state index is -0.0227. The molecule has 25 heavy (non-hydrogen) atoms.